The van der Waals surface area contributed by atoms with Gasteiger partial charge in [0.15, 0.2) is 0 Å². The van der Waals surface area contributed by atoms with Crippen molar-refractivity contribution < 1.29 is 13.9 Å². The number of carbonyl (C=O) groups excluding carboxylic acids is 1. The number of amides is 1. The highest BCUT2D eigenvalue weighted by molar-refractivity contribution is 7.13. The van der Waals surface area contributed by atoms with E-state index in [4.69, 9.17) is 9.72 Å². The summed E-state index contributed by atoms with van der Waals surface area (Å²) in [4.78, 5) is 30.3. The third kappa shape index (κ3) is 4.55. The Morgan fingerprint density at radius 2 is 1.85 bits per heavy atom. The van der Waals surface area contributed by atoms with E-state index in [0.717, 1.165) is 41.6 Å². The summed E-state index contributed by atoms with van der Waals surface area (Å²) in [6.07, 6.45) is 3.01. The van der Waals surface area contributed by atoms with Gasteiger partial charge < -0.3 is 9.64 Å². The first kappa shape index (κ1) is 21.4. The monoisotopic (exact) mass is 463 g/mol. The standard InChI is InChI=1S/C24H22FN5O2S/c1-32-19-4-2-16(3-5-19)23-28-18(15-33-23)14-29-8-10-30(11-9-29)24(31)20-12-17(25)13-21-22(20)27-7-6-26-21/h2-7,12-13,15H,8-11,14H2,1H3. The van der Waals surface area contributed by atoms with Crippen molar-refractivity contribution in [2.24, 2.45) is 0 Å². The molecule has 1 aliphatic heterocycles. The zero-order valence-corrected chi connectivity index (χ0v) is 18.9. The van der Waals surface area contributed by atoms with Crippen molar-refractivity contribution >= 4 is 28.3 Å². The fraction of sp³-hybridized carbons (Fsp3) is 0.250. The van der Waals surface area contributed by atoms with Gasteiger partial charge in [-0.1, -0.05) is 0 Å². The molecule has 0 unspecified atom stereocenters. The van der Waals surface area contributed by atoms with Gasteiger partial charge in [0.2, 0.25) is 0 Å². The predicted molar refractivity (Wildman–Crippen MR) is 125 cm³/mol. The molecule has 0 radical (unpaired) electrons. The van der Waals surface area contributed by atoms with Crippen molar-refractivity contribution in [1.82, 2.24) is 24.8 Å². The van der Waals surface area contributed by atoms with Crippen LogP contribution in [0.5, 0.6) is 5.75 Å². The van der Waals surface area contributed by atoms with Crippen molar-refractivity contribution in [3.63, 3.8) is 0 Å². The molecule has 1 saturated heterocycles. The van der Waals surface area contributed by atoms with E-state index in [1.54, 1.807) is 23.3 Å². The van der Waals surface area contributed by atoms with Crippen LogP contribution in [-0.4, -0.2) is 63.9 Å². The molecule has 0 bridgehead atoms. The highest BCUT2D eigenvalue weighted by Crippen LogP contribution is 2.26. The van der Waals surface area contributed by atoms with Crippen LogP contribution in [-0.2, 0) is 6.54 Å². The van der Waals surface area contributed by atoms with Crippen LogP contribution in [0.25, 0.3) is 21.6 Å². The number of carbonyl (C=O) groups is 1. The van der Waals surface area contributed by atoms with Gasteiger partial charge in [-0.25, -0.2) is 9.37 Å². The zero-order valence-electron chi connectivity index (χ0n) is 18.1. The molecule has 0 aliphatic carbocycles. The lowest BCUT2D eigenvalue weighted by molar-refractivity contribution is 0.0628. The molecule has 1 amide bonds. The molecule has 3 heterocycles. The SMILES string of the molecule is COc1ccc(-c2nc(CN3CCN(C(=O)c4cc(F)cc5nccnc45)CC3)cs2)cc1. The molecular weight excluding hydrogens is 441 g/mol. The molecule has 1 fully saturated rings. The first-order valence-corrected chi connectivity index (χ1v) is 11.5. The van der Waals surface area contributed by atoms with Crippen molar-refractivity contribution in [1.29, 1.82) is 0 Å². The molecule has 0 N–H and O–H groups in total. The largest absolute Gasteiger partial charge is 0.497 e. The van der Waals surface area contributed by atoms with Crippen molar-refractivity contribution in [2.45, 2.75) is 6.54 Å². The highest BCUT2D eigenvalue weighted by Gasteiger charge is 2.25. The average molecular weight is 464 g/mol. The number of methoxy groups -OCH3 is 1. The number of benzene rings is 2. The number of thiazole rings is 1. The van der Waals surface area contributed by atoms with E-state index in [2.05, 4.69) is 20.2 Å². The van der Waals surface area contributed by atoms with Crippen LogP contribution in [0.3, 0.4) is 0 Å². The summed E-state index contributed by atoms with van der Waals surface area (Å²) in [7, 11) is 1.65. The topological polar surface area (TPSA) is 71.5 Å². The van der Waals surface area contributed by atoms with Crippen LogP contribution in [0.15, 0.2) is 54.2 Å². The van der Waals surface area contributed by atoms with E-state index >= 15 is 0 Å². The van der Waals surface area contributed by atoms with Gasteiger partial charge in [-0.3, -0.25) is 19.7 Å². The molecule has 2 aromatic carbocycles. The van der Waals surface area contributed by atoms with E-state index in [9.17, 15) is 9.18 Å². The number of fused-ring (bicyclic) bond motifs is 1. The first-order chi connectivity index (χ1) is 16.1. The molecule has 0 saturated carbocycles. The fourth-order valence-corrected chi connectivity index (χ4v) is 4.77. The van der Waals surface area contributed by atoms with Gasteiger partial charge in [0.25, 0.3) is 5.91 Å². The van der Waals surface area contributed by atoms with E-state index in [0.29, 0.717) is 24.1 Å². The molecule has 7 nitrogen and oxygen atoms in total. The number of hydrogen-bond donors (Lipinski definition) is 0. The predicted octanol–water partition coefficient (Wildman–Crippen LogP) is 3.86. The summed E-state index contributed by atoms with van der Waals surface area (Å²) in [5.74, 6) is 0.123. The van der Waals surface area contributed by atoms with Gasteiger partial charge in [-0.2, -0.15) is 0 Å². The Hall–Kier alpha value is -3.43. The molecular formula is C24H22FN5O2S. The van der Waals surface area contributed by atoms with Gasteiger partial charge in [0.05, 0.1) is 23.9 Å². The highest BCUT2D eigenvalue weighted by atomic mass is 32.1. The maximum atomic E-state index is 14.0. The second-order valence-corrected chi connectivity index (χ2v) is 8.68. The van der Waals surface area contributed by atoms with E-state index in [1.807, 2.05) is 24.3 Å². The van der Waals surface area contributed by atoms with E-state index < -0.39 is 5.82 Å². The van der Waals surface area contributed by atoms with Gasteiger partial charge in [-0.15, -0.1) is 11.3 Å². The molecule has 168 valence electrons. The number of aromatic nitrogens is 3. The lowest BCUT2D eigenvalue weighted by Crippen LogP contribution is -2.48. The molecule has 4 aromatic rings. The smallest absolute Gasteiger partial charge is 0.256 e. The van der Waals surface area contributed by atoms with Crippen LogP contribution >= 0.6 is 11.3 Å². The molecule has 2 aromatic heterocycles. The number of hydrogen-bond acceptors (Lipinski definition) is 7. The molecule has 33 heavy (non-hydrogen) atoms. The summed E-state index contributed by atoms with van der Waals surface area (Å²) in [6, 6.07) is 10.4. The van der Waals surface area contributed by atoms with Gasteiger partial charge in [-0.05, 0) is 30.3 Å². The molecule has 0 atom stereocenters. The number of piperazine rings is 1. The Balaban J connectivity index is 1.22. The average Bonchev–Trinajstić information content (AvgIpc) is 3.32. The van der Waals surface area contributed by atoms with E-state index in [-0.39, 0.29) is 11.5 Å². The maximum Gasteiger partial charge on any atom is 0.256 e. The molecule has 1 aliphatic rings. The van der Waals surface area contributed by atoms with Crippen LogP contribution < -0.4 is 4.74 Å². The lowest BCUT2D eigenvalue weighted by Gasteiger charge is -2.34. The van der Waals surface area contributed by atoms with Crippen LogP contribution in [0.1, 0.15) is 16.1 Å². The van der Waals surface area contributed by atoms with Gasteiger partial charge in [0, 0.05) is 62.1 Å². The number of rotatable bonds is 5. The Morgan fingerprint density at radius 3 is 2.61 bits per heavy atom. The third-order valence-corrected chi connectivity index (χ3v) is 6.64. The zero-order chi connectivity index (χ0) is 22.8. The quantitative estimate of drug-likeness (QED) is 0.448. The Bertz CT molecular complexity index is 1290. The number of halogens is 1. The minimum absolute atomic E-state index is 0.213. The maximum absolute atomic E-state index is 14.0. The van der Waals surface area contributed by atoms with Crippen LogP contribution in [0.2, 0.25) is 0 Å². The second-order valence-electron chi connectivity index (χ2n) is 7.82. The second kappa shape index (κ2) is 9.21. The molecule has 0 spiro atoms. The van der Waals surface area contributed by atoms with Gasteiger partial charge in [0.1, 0.15) is 22.1 Å². The number of ether oxygens (including phenoxy) is 1. The normalized spacial score (nSPS) is 14.5. The van der Waals surface area contributed by atoms with Crippen molar-refractivity contribution in [2.75, 3.05) is 33.3 Å². The Labute approximate surface area is 194 Å². The Morgan fingerprint density at radius 1 is 1.09 bits per heavy atom. The lowest BCUT2D eigenvalue weighted by atomic mass is 10.1. The summed E-state index contributed by atoms with van der Waals surface area (Å²) < 4.78 is 19.2. The summed E-state index contributed by atoms with van der Waals surface area (Å²) in [5, 5.41) is 3.05. The third-order valence-electron chi connectivity index (χ3n) is 5.70. The minimum atomic E-state index is -0.485. The minimum Gasteiger partial charge on any atom is -0.497 e. The van der Waals surface area contributed by atoms with Crippen molar-refractivity contribution in [3.8, 4) is 16.3 Å². The summed E-state index contributed by atoms with van der Waals surface area (Å²) in [6.45, 7) is 3.29. The Kier molecular flexibility index (Phi) is 5.97. The molecule has 9 heteroatoms. The number of nitrogens with zero attached hydrogens (tertiary/aromatic N) is 5. The van der Waals surface area contributed by atoms with Crippen molar-refractivity contribution in [3.05, 3.63) is 71.2 Å². The van der Waals surface area contributed by atoms with Crippen LogP contribution in [0.4, 0.5) is 4.39 Å². The first-order valence-electron chi connectivity index (χ1n) is 10.6. The molecule has 5 rings (SSSR count). The summed E-state index contributed by atoms with van der Waals surface area (Å²) in [5.41, 5.74) is 3.15. The fourth-order valence-electron chi connectivity index (χ4n) is 3.96. The van der Waals surface area contributed by atoms with E-state index in [1.165, 1.54) is 24.5 Å². The summed E-state index contributed by atoms with van der Waals surface area (Å²) >= 11 is 1.62. The van der Waals surface area contributed by atoms with Gasteiger partial charge >= 0.3 is 0 Å². The van der Waals surface area contributed by atoms with Crippen LogP contribution in [0, 0.1) is 5.82 Å².